The lowest BCUT2D eigenvalue weighted by Crippen LogP contribution is -1.94. The molecule has 34 heavy (non-hydrogen) atoms. The van der Waals surface area contributed by atoms with E-state index in [0.29, 0.717) is 34.8 Å². The Morgan fingerprint density at radius 3 is 1.76 bits per heavy atom. The first-order chi connectivity index (χ1) is 16.5. The van der Waals surface area contributed by atoms with Crippen LogP contribution in [0.5, 0.6) is 11.5 Å². The van der Waals surface area contributed by atoms with Gasteiger partial charge in [-0.25, -0.2) is 13.2 Å². The summed E-state index contributed by atoms with van der Waals surface area (Å²) in [7, 11) is 1.55. The smallest absolute Gasteiger partial charge is 0.167 e. The second-order valence-corrected chi connectivity index (χ2v) is 7.59. The molecule has 0 aliphatic heterocycles. The largest absolute Gasteiger partial charge is 0.497 e. The van der Waals surface area contributed by atoms with Crippen LogP contribution in [0.15, 0.2) is 78.9 Å². The molecule has 0 aromatic heterocycles. The number of rotatable bonds is 7. The van der Waals surface area contributed by atoms with E-state index in [1.807, 2.05) is 6.92 Å². The molecule has 4 rings (SSSR count). The van der Waals surface area contributed by atoms with Crippen LogP contribution >= 0.6 is 0 Å². The summed E-state index contributed by atoms with van der Waals surface area (Å²) in [6.07, 6.45) is 3.41. The highest BCUT2D eigenvalue weighted by Gasteiger charge is 2.16. The molecule has 5 heteroatoms. The zero-order valence-corrected chi connectivity index (χ0v) is 18.8. The maximum absolute atomic E-state index is 14.9. The van der Waals surface area contributed by atoms with Crippen molar-refractivity contribution in [3.8, 4) is 33.8 Å². The summed E-state index contributed by atoms with van der Waals surface area (Å²) in [5.41, 5.74) is 2.68. The molecule has 2 nitrogen and oxygen atoms in total. The fourth-order valence-corrected chi connectivity index (χ4v) is 3.63. The lowest BCUT2D eigenvalue weighted by atomic mass is 9.98. The topological polar surface area (TPSA) is 18.5 Å². The van der Waals surface area contributed by atoms with Crippen molar-refractivity contribution in [2.75, 3.05) is 13.7 Å². The first kappa shape index (κ1) is 23.2. The number of benzene rings is 4. The molecule has 0 saturated carbocycles. The average molecular weight is 460 g/mol. The minimum Gasteiger partial charge on any atom is -0.497 e. The van der Waals surface area contributed by atoms with Crippen molar-refractivity contribution in [2.24, 2.45) is 0 Å². The maximum Gasteiger partial charge on any atom is 0.167 e. The van der Waals surface area contributed by atoms with Crippen LogP contribution < -0.4 is 9.47 Å². The summed E-state index contributed by atoms with van der Waals surface area (Å²) in [6.45, 7) is 2.31. The van der Waals surface area contributed by atoms with Gasteiger partial charge in [0.15, 0.2) is 11.6 Å². The summed E-state index contributed by atoms with van der Waals surface area (Å²) in [5.74, 6) is -1.08. The van der Waals surface area contributed by atoms with Crippen molar-refractivity contribution in [3.63, 3.8) is 0 Å². The van der Waals surface area contributed by atoms with Gasteiger partial charge in [-0.15, -0.1) is 0 Å². The predicted octanol–water partition coefficient (Wildman–Crippen LogP) is 8.02. The molecule has 0 fully saturated rings. The monoisotopic (exact) mass is 460 g/mol. The summed E-state index contributed by atoms with van der Waals surface area (Å²) in [5, 5.41) is 0. The Labute approximate surface area is 196 Å². The molecular formula is C29H23F3O2. The predicted molar refractivity (Wildman–Crippen MR) is 130 cm³/mol. The van der Waals surface area contributed by atoms with Crippen LogP contribution in [0.25, 0.3) is 34.4 Å². The molecule has 0 N–H and O–H groups in total. The van der Waals surface area contributed by atoms with Gasteiger partial charge in [-0.3, -0.25) is 0 Å². The molecule has 0 heterocycles. The van der Waals surface area contributed by atoms with Gasteiger partial charge in [-0.2, -0.15) is 0 Å². The number of halogens is 3. The second kappa shape index (κ2) is 10.3. The molecule has 0 bridgehead atoms. The van der Waals surface area contributed by atoms with Crippen molar-refractivity contribution < 1.29 is 22.6 Å². The van der Waals surface area contributed by atoms with E-state index < -0.39 is 11.6 Å². The van der Waals surface area contributed by atoms with E-state index in [1.54, 1.807) is 92.1 Å². The van der Waals surface area contributed by atoms with Crippen LogP contribution in [0.1, 0.15) is 18.1 Å². The van der Waals surface area contributed by atoms with Gasteiger partial charge in [-0.05, 0) is 47.9 Å². The highest BCUT2D eigenvalue weighted by Crippen LogP contribution is 2.32. The lowest BCUT2D eigenvalue weighted by molar-refractivity contribution is 0.338. The molecule has 0 amide bonds. The average Bonchev–Trinajstić information content (AvgIpc) is 2.86. The minimum atomic E-state index is -0.909. The third-order valence-electron chi connectivity index (χ3n) is 5.44. The Balaban J connectivity index is 1.54. The SMILES string of the molecule is CCOc1ccc(/C=C/c2ccc(-c3ccc(-c4ccc(OC)cc4)c(F)c3F)cc2)c(F)c1. The molecule has 0 radical (unpaired) electrons. The molecule has 172 valence electrons. The van der Waals surface area contributed by atoms with Crippen molar-refractivity contribution in [2.45, 2.75) is 6.92 Å². The molecule has 0 spiro atoms. The van der Waals surface area contributed by atoms with Crippen molar-refractivity contribution in [1.82, 2.24) is 0 Å². The van der Waals surface area contributed by atoms with Gasteiger partial charge in [0.1, 0.15) is 17.3 Å². The highest BCUT2D eigenvalue weighted by molar-refractivity contribution is 5.75. The molecule has 0 aliphatic rings. The Morgan fingerprint density at radius 1 is 0.676 bits per heavy atom. The van der Waals surface area contributed by atoms with E-state index in [1.165, 1.54) is 6.07 Å². The fraction of sp³-hybridized carbons (Fsp3) is 0.103. The van der Waals surface area contributed by atoms with Crippen LogP contribution in [0.3, 0.4) is 0 Å². The molecule has 0 saturated heterocycles. The Kier molecular flexibility index (Phi) is 7.02. The van der Waals surface area contributed by atoms with E-state index >= 15 is 0 Å². The van der Waals surface area contributed by atoms with Gasteiger partial charge < -0.3 is 9.47 Å². The molecule has 4 aromatic rings. The van der Waals surface area contributed by atoms with E-state index in [4.69, 9.17) is 9.47 Å². The molecule has 4 aromatic carbocycles. The zero-order chi connectivity index (χ0) is 24.1. The number of hydrogen-bond acceptors (Lipinski definition) is 2. The molecule has 0 aliphatic carbocycles. The lowest BCUT2D eigenvalue weighted by Gasteiger charge is -2.10. The second-order valence-electron chi connectivity index (χ2n) is 7.59. The van der Waals surface area contributed by atoms with E-state index in [9.17, 15) is 13.2 Å². The van der Waals surface area contributed by atoms with Gasteiger partial charge in [0.25, 0.3) is 0 Å². The molecule has 0 atom stereocenters. The fourth-order valence-electron chi connectivity index (χ4n) is 3.63. The standard InChI is InChI=1S/C29H23F3O2/c1-3-34-24-15-12-22(27(30)18-24)9-6-19-4-7-20(8-5-19)25-16-17-26(29(32)28(25)31)21-10-13-23(33-2)14-11-21/h4-18H,3H2,1-2H3/b9-6+. The number of hydrogen-bond donors (Lipinski definition) is 0. The van der Waals surface area contributed by atoms with Gasteiger partial charge in [0, 0.05) is 22.8 Å². The number of ether oxygens (including phenoxy) is 2. The third-order valence-corrected chi connectivity index (χ3v) is 5.44. The van der Waals surface area contributed by atoms with Crippen molar-refractivity contribution in [3.05, 3.63) is 107 Å². The van der Waals surface area contributed by atoms with Crippen LogP contribution in [0.4, 0.5) is 13.2 Å². The quantitative estimate of drug-likeness (QED) is 0.260. The Morgan fingerprint density at radius 2 is 1.24 bits per heavy atom. The van der Waals surface area contributed by atoms with Crippen LogP contribution in [0, 0.1) is 17.5 Å². The highest BCUT2D eigenvalue weighted by atomic mass is 19.2. The Bertz CT molecular complexity index is 1310. The van der Waals surface area contributed by atoms with Crippen molar-refractivity contribution in [1.29, 1.82) is 0 Å². The van der Waals surface area contributed by atoms with Crippen LogP contribution in [-0.2, 0) is 0 Å². The van der Waals surface area contributed by atoms with Gasteiger partial charge in [-0.1, -0.05) is 60.7 Å². The first-order valence-electron chi connectivity index (χ1n) is 10.8. The molecular weight excluding hydrogens is 437 g/mol. The minimum absolute atomic E-state index is 0.169. The summed E-state index contributed by atoms with van der Waals surface area (Å²) < 4.78 is 54.4. The zero-order valence-electron chi connectivity index (χ0n) is 18.8. The van der Waals surface area contributed by atoms with Gasteiger partial charge in [0.2, 0.25) is 0 Å². The van der Waals surface area contributed by atoms with Crippen molar-refractivity contribution >= 4 is 12.2 Å². The summed E-state index contributed by atoms with van der Waals surface area (Å²) in [6, 6.07) is 21.6. The van der Waals surface area contributed by atoms with E-state index in [2.05, 4.69) is 0 Å². The van der Waals surface area contributed by atoms with Crippen LogP contribution in [-0.4, -0.2) is 13.7 Å². The van der Waals surface area contributed by atoms with Gasteiger partial charge in [0.05, 0.1) is 13.7 Å². The summed E-state index contributed by atoms with van der Waals surface area (Å²) in [4.78, 5) is 0. The van der Waals surface area contributed by atoms with E-state index in [-0.39, 0.29) is 16.9 Å². The third kappa shape index (κ3) is 4.99. The number of methoxy groups -OCH3 is 1. The normalized spacial score (nSPS) is 11.1. The molecule has 0 unspecified atom stereocenters. The van der Waals surface area contributed by atoms with Crippen LogP contribution in [0.2, 0.25) is 0 Å². The Hall–Kier alpha value is -3.99. The van der Waals surface area contributed by atoms with E-state index in [0.717, 1.165) is 5.56 Å². The summed E-state index contributed by atoms with van der Waals surface area (Å²) >= 11 is 0. The maximum atomic E-state index is 14.9. The van der Waals surface area contributed by atoms with Gasteiger partial charge >= 0.3 is 0 Å². The first-order valence-corrected chi connectivity index (χ1v) is 10.8.